The molecule has 2 bridgehead atoms. The largest absolute Gasteiger partial charge is 0.468 e. The van der Waals surface area contributed by atoms with Crippen molar-refractivity contribution in [2.75, 3.05) is 13.7 Å². The predicted molar refractivity (Wildman–Crippen MR) is 62.7 cm³/mol. The molecule has 0 amide bonds. The molecule has 0 aromatic rings. The maximum atomic E-state index is 12.0. The molecule has 5 nitrogen and oxygen atoms in total. The Morgan fingerprint density at radius 3 is 3.00 bits per heavy atom. The zero-order chi connectivity index (χ0) is 13.2. The lowest BCUT2D eigenvalue weighted by molar-refractivity contribution is -0.195. The van der Waals surface area contributed by atoms with Crippen molar-refractivity contribution in [1.82, 2.24) is 0 Å². The number of carbonyl (C=O) groups excluding carboxylic acids is 2. The minimum atomic E-state index is -1.41. The Morgan fingerprint density at radius 2 is 2.39 bits per heavy atom. The summed E-state index contributed by atoms with van der Waals surface area (Å²) in [4.78, 5) is 23.9. The van der Waals surface area contributed by atoms with Crippen LogP contribution in [0.2, 0.25) is 0 Å². The van der Waals surface area contributed by atoms with Crippen LogP contribution in [0.25, 0.3) is 0 Å². The van der Waals surface area contributed by atoms with E-state index in [9.17, 15) is 9.59 Å². The third-order valence-electron chi connectivity index (χ3n) is 3.46. The van der Waals surface area contributed by atoms with Crippen molar-refractivity contribution in [2.24, 2.45) is 5.41 Å². The highest BCUT2D eigenvalue weighted by Crippen LogP contribution is 2.42. The maximum Gasteiger partial charge on any atom is 0.330 e. The van der Waals surface area contributed by atoms with E-state index in [1.54, 1.807) is 12.2 Å². The van der Waals surface area contributed by atoms with Crippen LogP contribution in [0.15, 0.2) is 12.2 Å². The van der Waals surface area contributed by atoms with Gasteiger partial charge in [0, 0.05) is 13.0 Å². The first-order valence-corrected chi connectivity index (χ1v) is 6.25. The van der Waals surface area contributed by atoms with Crippen LogP contribution < -0.4 is 0 Å². The van der Waals surface area contributed by atoms with Gasteiger partial charge in [-0.1, -0.05) is 19.4 Å². The van der Waals surface area contributed by atoms with E-state index in [1.807, 2.05) is 0 Å². The first-order chi connectivity index (χ1) is 8.65. The Kier molecular flexibility index (Phi) is 3.71. The summed E-state index contributed by atoms with van der Waals surface area (Å²) in [6, 6.07) is 0. The Bertz CT molecular complexity index is 376. The fraction of sp³-hybridized carbons (Fsp3) is 0.692. The highest BCUT2D eigenvalue weighted by atomic mass is 16.6. The van der Waals surface area contributed by atoms with Gasteiger partial charge in [-0.2, -0.15) is 0 Å². The molecule has 1 fully saturated rings. The minimum Gasteiger partial charge on any atom is -0.468 e. The number of methoxy groups -OCH3 is 1. The average Bonchev–Trinajstić information content (AvgIpc) is 2.38. The first-order valence-electron chi connectivity index (χ1n) is 6.25. The van der Waals surface area contributed by atoms with E-state index < -0.39 is 23.5 Å². The normalized spacial score (nSPS) is 33.3. The number of unbranched alkanes of at least 4 members (excludes halogenated alkanes) is 1. The van der Waals surface area contributed by atoms with Crippen molar-refractivity contribution in [3.05, 3.63) is 12.2 Å². The number of carbonyl (C=O) groups is 2. The lowest BCUT2D eigenvalue weighted by atomic mass is 9.73. The van der Waals surface area contributed by atoms with Crippen LogP contribution in [0.1, 0.15) is 26.2 Å². The van der Waals surface area contributed by atoms with E-state index in [4.69, 9.17) is 14.2 Å². The molecule has 5 heteroatoms. The lowest BCUT2D eigenvalue weighted by Gasteiger charge is -2.43. The van der Waals surface area contributed by atoms with Crippen molar-refractivity contribution in [2.45, 2.75) is 38.4 Å². The molecule has 0 aromatic carbocycles. The number of hydrogen-bond acceptors (Lipinski definition) is 5. The summed E-state index contributed by atoms with van der Waals surface area (Å²) < 4.78 is 15.6. The second-order valence-electron chi connectivity index (χ2n) is 4.61. The summed E-state index contributed by atoms with van der Waals surface area (Å²) in [6.45, 7) is 2.59. The van der Waals surface area contributed by atoms with Crippen molar-refractivity contribution in [1.29, 1.82) is 0 Å². The first kappa shape index (κ1) is 13.1. The van der Waals surface area contributed by atoms with Gasteiger partial charge in [0.15, 0.2) is 0 Å². The van der Waals surface area contributed by atoms with Crippen LogP contribution in [-0.2, 0) is 23.8 Å². The van der Waals surface area contributed by atoms with Gasteiger partial charge < -0.3 is 14.2 Å². The van der Waals surface area contributed by atoms with E-state index >= 15 is 0 Å². The van der Waals surface area contributed by atoms with Gasteiger partial charge in [-0.05, 0) is 12.5 Å². The highest BCUT2D eigenvalue weighted by molar-refractivity contribution is 6.04. The molecule has 100 valence electrons. The van der Waals surface area contributed by atoms with E-state index in [1.165, 1.54) is 7.11 Å². The number of fused-ring (bicyclic) bond motifs is 2. The van der Waals surface area contributed by atoms with Crippen LogP contribution in [0.5, 0.6) is 0 Å². The monoisotopic (exact) mass is 254 g/mol. The summed E-state index contributed by atoms with van der Waals surface area (Å²) in [7, 11) is 1.27. The van der Waals surface area contributed by atoms with Crippen LogP contribution in [0, 0.1) is 5.41 Å². The molecule has 3 atom stereocenters. The molecule has 0 spiro atoms. The summed E-state index contributed by atoms with van der Waals surface area (Å²) in [6.07, 6.45) is 4.97. The third-order valence-corrected chi connectivity index (χ3v) is 3.46. The van der Waals surface area contributed by atoms with E-state index in [0.717, 1.165) is 12.8 Å². The Hall–Kier alpha value is -1.36. The number of esters is 2. The van der Waals surface area contributed by atoms with E-state index in [-0.39, 0.29) is 6.10 Å². The van der Waals surface area contributed by atoms with Gasteiger partial charge in [0.05, 0.1) is 13.2 Å². The van der Waals surface area contributed by atoms with Crippen molar-refractivity contribution in [3.8, 4) is 0 Å². The van der Waals surface area contributed by atoms with Crippen molar-refractivity contribution in [3.63, 3.8) is 0 Å². The Morgan fingerprint density at radius 1 is 1.61 bits per heavy atom. The lowest BCUT2D eigenvalue weighted by Crippen LogP contribution is -2.58. The molecule has 0 unspecified atom stereocenters. The summed E-state index contributed by atoms with van der Waals surface area (Å²) in [5.74, 6) is -1.17. The molecule has 1 aliphatic carbocycles. The average molecular weight is 254 g/mol. The molecule has 3 rings (SSSR count). The van der Waals surface area contributed by atoms with Crippen molar-refractivity contribution < 1.29 is 23.8 Å². The zero-order valence-corrected chi connectivity index (χ0v) is 10.7. The molecule has 2 heterocycles. The van der Waals surface area contributed by atoms with Crippen LogP contribution in [0.4, 0.5) is 0 Å². The van der Waals surface area contributed by atoms with Crippen LogP contribution in [-0.4, -0.2) is 37.9 Å². The van der Waals surface area contributed by atoms with Gasteiger partial charge in [-0.15, -0.1) is 0 Å². The quantitative estimate of drug-likeness (QED) is 0.319. The number of ether oxygens (including phenoxy) is 3. The Labute approximate surface area is 106 Å². The highest BCUT2D eigenvalue weighted by Gasteiger charge is 2.60. The third kappa shape index (κ3) is 1.92. The number of hydrogen-bond donors (Lipinski definition) is 0. The molecule has 0 radical (unpaired) electrons. The molecule has 0 saturated carbocycles. The summed E-state index contributed by atoms with van der Waals surface area (Å²) in [5.41, 5.74) is -1.41. The SMILES string of the molecule is CCCCO[C@@H]1C[C@@H]2C=C[C@@]1(C(=O)OC)C(=O)O2. The van der Waals surface area contributed by atoms with Crippen LogP contribution >= 0.6 is 0 Å². The molecule has 0 N–H and O–H groups in total. The topological polar surface area (TPSA) is 61.8 Å². The predicted octanol–water partition coefficient (Wildman–Crippen LogP) is 1.22. The van der Waals surface area contributed by atoms with Gasteiger partial charge in [-0.25, -0.2) is 0 Å². The number of rotatable bonds is 5. The molecule has 0 aromatic heterocycles. The fourth-order valence-electron chi connectivity index (χ4n) is 2.38. The van der Waals surface area contributed by atoms with Crippen molar-refractivity contribution >= 4 is 11.9 Å². The van der Waals surface area contributed by atoms with Crippen LogP contribution in [0.3, 0.4) is 0 Å². The zero-order valence-electron chi connectivity index (χ0n) is 10.7. The molecule has 18 heavy (non-hydrogen) atoms. The van der Waals surface area contributed by atoms with Gasteiger partial charge in [-0.3, -0.25) is 9.59 Å². The van der Waals surface area contributed by atoms with E-state index in [0.29, 0.717) is 13.0 Å². The molecular formula is C13H18O5. The second-order valence-corrected chi connectivity index (χ2v) is 4.61. The molecular weight excluding hydrogens is 236 g/mol. The maximum absolute atomic E-state index is 12.0. The van der Waals surface area contributed by atoms with Gasteiger partial charge >= 0.3 is 11.9 Å². The van der Waals surface area contributed by atoms with Gasteiger partial charge in [0.25, 0.3) is 0 Å². The Balaban J connectivity index is 2.21. The molecule has 1 saturated heterocycles. The molecule has 2 aliphatic heterocycles. The molecule has 3 aliphatic rings. The second kappa shape index (κ2) is 5.10. The summed E-state index contributed by atoms with van der Waals surface area (Å²) >= 11 is 0. The fourth-order valence-corrected chi connectivity index (χ4v) is 2.38. The smallest absolute Gasteiger partial charge is 0.330 e. The van der Waals surface area contributed by atoms with Gasteiger partial charge in [0.1, 0.15) is 6.10 Å². The summed E-state index contributed by atoms with van der Waals surface area (Å²) in [5, 5.41) is 0. The van der Waals surface area contributed by atoms with Gasteiger partial charge in [0.2, 0.25) is 5.41 Å². The standard InChI is InChI=1S/C13H18O5/c1-3-4-7-17-10-8-9-5-6-13(10,11(14)16-2)12(15)18-9/h5-6,9-10H,3-4,7-8H2,1-2H3/t9-,10+,13+/m0/s1. The minimum absolute atomic E-state index is 0.282. The van der Waals surface area contributed by atoms with E-state index in [2.05, 4.69) is 6.92 Å².